The molecule has 0 aromatic heterocycles. The molecule has 0 rings (SSSR count). The third kappa shape index (κ3) is 238. The second-order valence-electron chi connectivity index (χ2n) is 3.06. The molecule has 0 amide bonds. The maximum Gasteiger partial charge on any atom is -0.0404 e. The van der Waals surface area contributed by atoms with Gasteiger partial charge in [0.2, 0.25) is 0 Å². The van der Waals surface area contributed by atoms with Gasteiger partial charge in [0, 0.05) is 0 Å². The average molecular weight is 224 g/mol. The van der Waals surface area contributed by atoms with E-state index in [1.807, 2.05) is 39.8 Å². The summed E-state index contributed by atoms with van der Waals surface area (Å²) in [5.41, 5.74) is 2.22. The molecule has 0 bridgehead atoms. The molecule has 0 aromatic carbocycles. The Balaban J connectivity index is -0.0000000393. The molecule has 0 saturated heterocycles. The van der Waals surface area contributed by atoms with Crippen molar-refractivity contribution in [1.82, 2.24) is 0 Å². The molecule has 0 N–H and O–H groups in total. The van der Waals surface area contributed by atoms with E-state index in [9.17, 15) is 0 Å². The van der Waals surface area contributed by atoms with Gasteiger partial charge in [-0.3, -0.25) is 0 Å². The summed E-state index contributed by atoms with van der Waals surface area (Å²) in [4.78, 5) is 0. The van der Waals surface area contributed by atoms with Crippen LogP contribution in [-0.4, -0.2) is 0 Å². The van der Waals surface area contributed by atoms with E-state index in [1.54, 1.807) is 12.2 Å². The van der Waals surface area contributed by atoms with Crippen LogP contribution in [0.4, 0.5) is 0 Å². The highest BCUT2D eigenvalue weighted by molar-refractivity contribution is 5.15. The summed E-state index contributed by atoms with van der Waals surface area (Å²) in [6, 6.07) is 0. The maximum absolute atomic E-state index is 3.66. The molecular formula is C16H32. The highest BCUT2D eigenvalue weighted by Gasteiger charge is 1.65. The van der Waals surface area contributed by atoms with Crippen LogP contribution in [-0.2, 0) is 0 Å². The number of allylic oxidation sites excluding steroid dienone is 6. The first-order chi connectivity index (χ1) is 6.42. The van der Waals surface area contributed by atoms with Crippen molar-refractivity contribution in [3.63, 3.8) is 0 Å². The average Bonchev–Trinajstić information content (AvgIpc) is 2.01. The first-order valence-electron chi connectivity index (χ1n) is 4.56. The monoisotopic (exact) mass is 224 g/mol. The van der Waals surface area contributed by atoms with E-state index < -0.39 is 0 Å². The Labute approximate surface area is 105 Å². The van der Waals surface area contributed by atoms with E-state index in [-0.39, 0.29) is 14.9 Å². The Morgan fingerprint density at radius 3 is 1.25 bits per heavy atom. The van der Waals surface area contributed by atoms with Gasteiger partial charge < -0.3 is 0 Å². The largest absolute Gasteiger partial charge is 0.103 e. The SMILES string of the molecule is C.C.C=C(C)C.C=C/C=C\C(=C)C.C=CC. The Bertz CT molecular complexity index is 188. The third-order valence-electron chi connectivity index (χ3n) is 0.517. The Kier molecular flexibility index (Phi) is 53.5. The molecule has 0 saturated carbocycles. The first kappa shape index (κ1) is 29.3. The molecule has 96 valence electrons. The van der Waals surface area contributed by atoms with Crippen molar-refractivity contribution in [2.45, 2.75) is 42.5 Å². The molecule has 0 nitrogen and oxygen atoms in total. The summed E-state index contributed by atoms with van der Waals surface area (Å²) >= 11 is 0. The number of hydrogen-bond acceptors (Lipinski definition) is 0. The molecule has 0 aliphatic rings. The van der Waals surface area contributed by atoms with Gasteiger partial charge in [0.25, 0.3) is 0 Å². The van der Waals surface area contributed by atoms with Crippen LogP contribution in [0.25, 0.3) is 0 Å². The molecular weight excluding hydrogens is 192 g/mol. The Morgan fingerprint density at radius 1 is 0.938 bits per heavy atom. The minimum Gasteiger partial charge on any atom is -0.103 e. The van der Waals surface area contributed by atoms with Crippen molar-refractivity contribution < 1.29 is 0 Å². The Hall–Kier alpha value is -1.30. The molecule has 0 aliphatic carbocycles. The topological polar surface area (TPSA) is 0 Å². The normalized spacial score (nSPS) is 6.50. The third-order valence-corrected chi connectivity index (χ3v) is 0.517. The van der Waals surface area contributed by atoms with E-state index >= 15 is 0 Å². The molecule has 0 unspecified atom stereocenters. The summed E-state index contributed by atoms with van der Waals surface area (Å²) in [5, 5.41) is 0. The smallest absolute Gasteiger partial charge is 0.0404 e. The van der Waals surface area contributed by atoms with Crippen molar-refractivity contribution in [3.8, 4) is 0 Å². The highest BCUT2D eigenvalue weighted by Crippen LogP contribution is 1.86. The summed E-state index contributed by atoms with van der Waals surface area (Å²) in [5.74, 6) is 0. The lowest BCUT2D eigenvalue weighted by Gasteiger charge is -1.77. The van der Waals surface area contributed by atoms with Crippen molar-refractivity contribution in [2.24, 2.45) is 0 Å². The van der Waals surface area contributed by atoms with Gasteiger partial charge in [-0.1, -0.05) is 63.5 Å². The predicted molar refractivity (Wildman–Crippen MR) is 84.0 cm³/mol. The predicted octanol–water partition coefficient (Wildman–Crippen LogP) is 6.35. The second-order valence-corrected chi connectivity index (χ2v) is 3.06. The van der Waals surface area contributed by atoms with Gasteiger partial charge in [0.05, 0.1) is 0 Å². The van der Waals surface area contributed by atoms with Crippen LogP contribution in [0.5, 0.6) is 0 Å². The second kappa shape index (κ2) is 29.2. The van der Waals surface area contributed by atoms with E-state index in [0.717, 1.165) is 5.57 Å². The van der Waals surface area contributed by atoms with Gasteiger partial charge in [-0.2, -0.15) is 0 Å². The fourth-order valence-electron chi connectivity index (χ4n) is 0.232. The maximum atomic E-state index is 3.66. The van der Waals surface area contributed by atoms with Crippen LogP contribution in [0.1, 0.15) is 42.5 Å². The van der Waals surface area contributed by atoms with Crippen LogP contribution in [0.3, 0.4) is 0 Å². The van der Waals surface area contributed by atoms with Crippen LogP contribution in [0.2, 0.25) is 0 Å². The Morgan fingerprint density at radius 2 is 1.19 bits per heavy atom. The first-order valence-corrected chi connectivity index (χ1v) is 4.56. The zero-order valence-corrected chi connectivity index (χ0v) is 10.1. The minimum absolute atomic E-state index is 0. The molecule has 0 heterocycles. The van der Waals surface area contributed by atoms with Gasteiger partial charge >= 0.3 is 0 Å². The van der Waals surface area contributed by atoms with E-state index in [2.05, 4.69) is 26.3 Å². The number of hydrogen-bond donors (Lipinski definition) is 0. The van der Waals surface area contributed by atoms with Crippen molar-refractivity contribution in [1.29, 1.82) is 0 Å². The molecule has 16 heavy (non-hydrogen) atoms. The van der Waals surface area contributed by atoms with Gasteiger partial charge in [0.1, 0.15) is 0 Å². The molecule has 0 heteroatoms. The summed E-state index contributed by atoms with van der Waals surface area (Å²) in [7, 11) is 0. The summed E-state index contributed by atoms with van der Waals surface area (Å²) in [6.45, 7) is 21.9. The van der Waals surface area contributed by atoms with Crippen molar-refractivity contribution >= 4 is 0 Å². The molecule has 0 fully saturated rings. The fourth-order valence-corrected chi connectivity index (χ4v) is 0.232. The molecule has 0 spiro atoms. The van der Waals surface area contributed by atoms with Gasteiger partial charge in [-0.15, -0.1) is 13.2 Å². The standard InChI is InChI=1S/C7H10.C4H8.C3H6.2CH4/c1-4-5-6-7(2)3;1-4(2)3;1-3-2;;/h4-6H,1-2H2,3H3;1H2,2-3H3;3H,1H2,2H3;2*1H4/b6-5-;;;;. The molecule has 0 aromatic rings. The van der Waals surface area contributed by atoms with Crippen molar-refractivity contribution in [2.75, 3.05) is 0 Å². The lowest BCUT2D eigenvalue weighted by molar-refractivity contribution is 1.42. The molecule has 0 aliphatic heterocycles. The van der Waals surface area contributed by atoms with Crippen LogP contribution in [0, 0.1) is 0 Å². The van der Waals surface area contributed by atoms with E-state index in [0.29, 0.717) is 0 Å². The lowest BCUT2D eigenvalue weighted by atomic mass is 10.3. The summed E-state index contributed by atoms with van der Waals surface area (Å²) in [6.07, 6.45) is 7.25. The molecule has 0 radical (unpaired) electrons. The zero-order chi connectivity index (χ0) is 12.0. The van der Waals surface area contributed by atoms with Gasteiger partial charge in [0.15, 0.2) is 0 Å². The number of rotatable bonds is 2. The highest BCUT2D eigenvalue weighted by atomic mass is 13.7. The zero-order valence-electron chi connectivity index (χ0n) is 10.1. The molecule has 0 atom stereocenters. The van der Waals surface area contributed by atoms with E-state index in [1.165, 1.54) is 5.57 Å². The quantitative estimate of drug-likeness (QED) is 0.378. The van der Waals surface area contributed by atoms with Crippen LogP contribution < -0.4 is 0 Å². The van der Waals surface area contributed by atoms with Crippen molar-refractivity contribution in [3.05, 3.63) is 61.8 Å². The van der Waals surface area contributed by atoms with Crippen LogP contribution >= 0.6 is 0 Å². The minimum atomic E-state index is 0. The summed E-state index contributed by atoms with van der Waals surface area (Å²) < 4.78 is 0. The van der Waals surface area contributed by atoms with Gasteiger partial charge in [-0.25, -0.2) is 0 Å². The van der Waals surface area contributed by atoms with Gasteiger partial charge in [-0.05, 0) is 27.7 Å². The van der Waals surface area contributed by atoms with E-state index in [4.69, 9.17) is 0 Å². The lowest BCUT2D eigenvalue weighted by Crippen LogP contribution is -1.55. The van der Waals surface area contributed by atoms with Crippen LogP contribution in [0.15, 0.2) is 61.8 Å². The fraction of sp³-hybridized carbons (Fsp3) is 0.375.